The molecule has 1 aliphatic rings. The van der Waals surface area contributed by atoms with E-state index in [1.165, 1.54) is 0 Å². The Morgan fingerprint density at radius 1 is 1.00 bits per heavy atom. The van der Waals surface area contributed by atoms with Crippen molar-refractivity contribution in [2.24, 2.45) is 0 Å². The number of anilines is 3. The van der Waals surface area contributed by atoms with Gasteiger partial charge in [-0.3, -0.25) is 9.78 Å². The lowest BCUT2D eigenvalue weighted by atomic mass is 9.98. The molecule has 4 aromatic rings. The highest BCUT2D eigenvalue weighted by Gasteiger charge is 2.35. The largest absolute Gasteiger partial charge is 0.378 e. The number of fused-ring (bicyclic) bond motifs is 1. The summed E-state index contributed by atoms with van der Waals surface area (Å²) >= 11 is 0. The number of carbonyl (C=O) groups is 1. The van der Waals surface area contributed by atoms with Crippen molar-refractivity contribution in [2.75, 3.05) is 29.6 Å². The molecule has 2 aromatic heterocycles. The van der Waals surface area contributed by atoms with Crippen LogP contribution in [0.25, 0.3) is 11.4 Å². The molecule has 5 rings (SSSR count). The van der Waals surface area contributed by atoms with Crippen molar-refractivity contribution in [3.05, 3.63) is 96.0 Å². The first-order valence-corrected chi connectivity index (χ1v) is 11.0. The predicted octanol–water partition coefficient (Wildman–Crippen LogP) is 4.33. The third-order valence-electron chi connectivity index (χ3n) is 5.74. The lowest BCUT2D eigenvalue weighted by Gasteiger charge is -2.28. The summed E-state index contributed by atoms with van der Waals surface area (Å²) in [6, 6.07) is 22.6. The van der Waals surface area contributed by atoms with Crippen LogP contribution in [0.1, 0.15) is 18.7 Å². The molecular weight excluding hydrogens is 426 g/mol. The molecule has 1 amide bonds. The third-order valence-corrected chi connectivity index (χ3v) is 5.74. The van der Waals surface area contributed by atoms with Gasteiger partial charge in [-0.05, 0) is 55.5 Å². The Balaban J connectivity index is 1.56. The zero-order valence-electron chi connectivity index (χ0n) is 19.2. The molecule has 2 N–H and O–H groups in total. The molecule has 1 unspecified atom stereocenters. The van der Waals surface area contributed by atoms with Crippen LogP contribution in [0, 0.1) is 0 Å². The molecule has 8 nitrogen and oxygen atoms in total. The number of pyridine rings is 1. The van der Waals surface area contributed by atoms with E-state index < -0.39 is 6.04 Å². The van der Waals surface area contributed by atoms with Crippen LogP contribution in [0.2, 0.25) is 0 Å². The number of nitrogens with one attached hydrogen (secondary N) is 2. The van der Waals surface area contributed by atoms with Crippen molar-refractivity contribution >= 4 is 23.2 Å². The van der Waals surface area contributed by atoms with Gasteiger partial charge in [0.25, 0.3) is 5.91 Å². The summed E-state index contributed by atoms with van der Waals surface area (Å²) in [5.74, 6) is 0.923. The Hall–Kier alpha value is -4.46. The van der Waals surface area contributed by atoms with E-state index >= 15 is 0 Å². The number of allylic oxidation sites excluding steroid dienone is 1. The molecule has 1 atom stereocenters. The highest BCUT2D eigenvalue weighted by atomic mass is 16.1. The maximum Gasteiger partial charge on any atom is 0.255 e. The first kappa shape index (κ1) is 21.4. The molecule has 0 saturated carbocycles. The van der Waals surface area contributed by atoms with Gasteiger partial charge >= 0.3 is 0 Å². The van der Waals surface area contributed by atoms with Gasteiger partial charge in [0.05, 0.1) is 11.3 Å². The standard InChI is InChI=1S/C26H25N7O/c1-17-22(25(34)29-19-9-5-4-6-10-19)23(21-11-7-8-16-27-21)33-26(28-17)30-24(31-33)18-12-14-20(15-13-18)32(2)3/h4-16,23H,1-3H3,(H,29,34)(H,28,30,31). The van der Waals surface area contributed by atoms with Gasteiger partial charge in [0.2, 0.25) is 5.95 Å². The van der Waals surface area contributed by atoms with E-state index in [1.54, 1.807) is 10.9 Å². The summed E-state index contributed by atoms with van der Waals surface area (Å²) in [6.45, 7) is 1.87. The lowest BCUT2D eigenvalue weighted by Crippen LogP contribution is -2.32. The molecule has 3 heterocycles. The van der Waals surface area contributed by atoms with Crippen LogP contribution in [0.15, 0.2) is 90.3 Å². The van der Waals surface area contributed by atoms with Gasteiger partial charge in [0.1, 0.15) is 6.04 Å². The molecular formula is C26H25N7O. The van der Waals surface area contributed by atoms with Crippen LogP contribution in [0.3, 0.4) is 0 Å². The van der Waals surface area contributed by atoms with E-state index in [-0.39, 0.29) is 5.91 Å². The molecule has 0 radical (unpaired) electrons. The predicted molar refractivity (Wildman–Crippen MR) is 134 cm³/mol. The summed E-state index contributed by atoms with van der Waals surface area (Å²) in [5, 5.41) is 11.1. The Morgan fingerprint density at radius 2 is 1.74 bits per heavy atom. The van der Waals surface area contributed by atoms with Gasteiger partial charge in [0, 0.05) is 42.9 Å². The van der Waals surface area contributed by atoms with Crippen LogP contribution in [-0.2, 0) is 4.79 Å². The Morgan fingerprint density at radius 3 is 2.41 bits per heavy atom. The molecule has 0 aliphatic carbocycles. The van der Waals surface area contributed by atoms with Crippen molar-refractivity contribution in [1.29, 1.82) is 0 Å². The highest BCUT2D eigenvalue weighted by molar-refractivity contribution is 6.05. The number of hydrogen-bond acceptors (Lipinski definition) is 6. The number of rotatable bonds is 5. The SMILES string of the molecule is CC1=C(C(=O)Nc2ccccc2)C(c2ccccn2)n2nc(-c3ccc(N(C)C)cc3)nc2N1. The molecule has 170 valence electrons. The maximum absolute atomic E-state index is 13.4. The summed E-state index contributed by atoms with van der Waals surface area (Å²) in [4.78, 5) is 24.8. The van der Waals surface area contributed by atoms with Gasteiger partial charge in [-0.15, -0.1) is 5.10 Å². The maximum atomic E-state index is 13.4. The number of hydrogen-bond donors (Lipinski definition) is 2. The quantitative estimate of drug-likeness (QED) is 0.470. The number of carbonyl (C=O) groups excluding carboxylic acids is 1. The van der Waals surface area contributed by atoms with Gasteiger partial charge in [-0.1, -0.05) is 24.3 Å². The molecule has 0 spiro atoms. The second-order valence-electron chi connectivity index (χ2n) is 8.29. The highest BCUT2D eigenvalue weighted by Crippen LogP contribution is 2.36. The lowest BCUT2D eigenvalue weighted by molar-refractivity contribution is -0.113. The molecule has 0 saturated heterocycles. The zero-order valence-corrected chi connectivity index (χ0v) is 19.2. The van der Waals surface area contributed by atoms with Crippen molar-refractivity contribution in [3.8, 4) is 11.4 Å². The average Bonchev–Trinajstić information content (AvgIpc) is 3.28. The topological polar surface area (TPSA) is 88.0 Å². The van der Waals surface area contributed by atoms with E-state index in [0.717, 1.165) is 16.9 Å². The van der Waals surface area contributed by atoms with Gasteiger partial charge in [-0.2, -0.15) is 4.98 Å². The minimum Gasteiger partial charge on any atom is -0.378 e. The fourth-order valence-corrected chi connectivity index (χ4v) is 4.01. The molecule has 8 heteroatoms. The summed E-state index contributed by atoms with van der Waals surface area (Å²) in [7, 11) is 4.00. The normalized spacial score (nSPS) is 14.9. The summed E-state index contributed by atoms with van der Waals surface area (Å²) < 4.78 is 1.74. The number of amides is 1. The number of aromatic nitrogens is 4. The van der Waals surface area contributed by atoms with Crippen LogP contribution in [0.4, 0.5) is 17.3 Å². The smallest absolute Gasteiger partial charge is 0.255 e. The first-order chi connectivity index (χ1) is 16.5. The monoisotopic (exact) mass is 451 g/mol. The van der Waals surface area contributed by atoms with E-state index in [1.807, 2.05) is 98.7 Å². The second kappa shape index (κ2) is 8.82. The number of para-hydroxylation sites is 1. The van der Waals surface area contributed by atoms with Crippen molar-refractivity contribution in [2.45, 2.75) is 13.0 Å². The van der Waals surface area contributed by atoms with E-state index in [2.05, 4.69) is 15.6 Å². The number of nitrogens with zero attached hydrogens (tertiary/aromatic N) is 5. The summed E-state index contributed by atoms with van der Waals surface area (Å²) in [6.07, 6.45) is 1.72. The van der Waals surface area contributed by atoms with Crippen molar-refractivity contribution < 1.29 is 4.79 Å². The van der Waals surface area contributed by atoms with E-state index in [9.17, 15) is 4.79 Å². The van der Waals surface area contributed by atoms with Gasteiger partial charge < -0.3 is 15.5 Å². The first-order valence-electron chi connectivity index (χ1n) is 11.0. The van der Waals surface area contributed by atoms with Crippen LogP contribution >= 0.6 is 0 Å². The van der Waals surface area contributed by atoms with Crippen molar-refractivity contribution in [1.82, 2.24) is 19.7 Å². The van der Waals surface area contributed by atoms with Crippen molar-refractivity contribution in [3.63, 3.8) is 0 Å². The molecule has 0 bridgehead atoms. The fraction of sp³-hybridized carbons (Fsp3) is 0.154. The van der Waals surface area contributed by atoms with Crippen LogP contribution in [0.5, 0.6) is 0 Å². The average molecular weight is 452 g/mol. The van der Waals surface area contributed by atoms with Crippen LogP contribution < -0.4 is 15.5 Å². The summed E-state index contributed by atoms with van der Waals surface area (Å²) in [5.41, 5.74) is 4.66. The number of benzene rings is 2. The third kappa shape index (κ3) is 4.01. The molecule has 2 aromatic carbocycles. The minimum atomic E-state index is -0.525. The van der Waals surface area contributed by atoms with E-state index in [0.29, 0.717) is 28.7 Å². The second-order valence-corrected chi connectivity index (χ2v) is 8.29. The Labute approximate surface area is 198 Å². The zero-order chi connectivity index (χ0) is 23.7. The fourth-order valence-electron chi connectivity index (χ4n) is 4.01. The molecule has 0 fully saturated rings. The van der Waals surface area contributed by atoms with Gasteiger partial charge in [0.15, 0.2) is 5.82 Å². The van der Waals surface area contributed by atoms with Crippen LogP contribution in [-0.4, -0.2) is 39.8 Å². The Bertz CT molecular complexity index is 1340. The van der Waals surface area contributed by atoms with E-state index in [4.69, 9.17) is 10.1 Å². The Kier molecular flexibility index (Phi) is 5.55. The molecule has 34 heavy (non-hydrogen) atoms. The molecule has 1 aliphatic heterocycles. The van der Waals surface area contributed by atoms with Gasteiger partial charge in [-0.25, -0.2) is 4.68 Å². The minimum absolute atomic E-state index is 0.218.